The van der Waals surface area contributed by atoms with Gasteiger partial charge in [-0.25, -0.2) is 0 Å². The van der Waals surface area contributed by atoms with Crippen molar-refractivity contribution < 1.29 is 4.79 Å². The molecule has 3 N–H and O–H groups in total. The summed E-state index contributed by atoms with van der Waals surface area (Å²) in [7, 11) is 0. The summed E-state index contributed by atoms with van der Waals surface area (Å²) in [5, 5.41) is 3.17. The lowest BCUT2D eigenvalue weighted by Gasteiger charge is -2.37. The monoisotopic (exact) mass is 236 g/mol. The van der Waals surface area contributed by atoms with Crippen LogP contribution in [0.1, 0.15) is 45.4 Å². The lowest BCUT2D eigenvalue weighted by molar-refractivity contribution is -0.133. The van der Waals surface area contributed by atoms with Gasteiger partial charge < -0.3 is 11.1 Å². The average Bonchev–Trinajstić information content (AvgIpc) is 2.83. The van der Waals surface area contributed by atoms with Crippen molar-refractivity contribution in [2.45, 2.75) is 51.5 Å². The minimum absolute atomic E-state index is 0.195. The van der Waals surface area contributed by atoms with Gasteiger partial charge in [-0.3, -0.25) is 4.79 Å². The van der Waals surface area contributed by atoms with E-state index in [1.807, 2.05) is 0 Å². The molecule has 0 saturated heterocycles. The van der Waals surface area contributed by atoms with Gasteiger partial charge in [0.2, 0.25) is 5.91 Å². The lowest BCUT2D eigenvalue weighted by atomic mass is 9.70. The molecule has 0 unspecified atom stereocenters. The highest BCUT2D eigenvalue weighted by molar-refractivity contribution is 5.83. The largest absolute Gasteiger partial charge is 0.352 e. The number of hydrogen-bond donors (Lipinski definition) is 2. The van der Waals surface area contributed by atoms with Crippen molar-refractivity contribution in [1.29, 1.82) is 0 Å². The Kier molecular flexibility index (Phi) is 3.87. The van der Waals surface area contributed by atoms with Gasteiger partial charge in [0, 0.05) is 12.6 Å². The van der Waals surface area contributed by atoms with Crippen molar-refractivity contribution in [2.75, 3.05) is 6.54 Å². The van der Waals surface area contributed by atoms with Crippen molar-refractivity contribution >= 4 is 5.91 Å². The molecular formula is C14H24N2O. The summed E-state index contributed by atoms with van der Waals surface area (Å²) in [4.78, 5) is 12.4. The van der Waals surface area contributed by atoms with Crippen LogP contribution in [-0.2, 0) is 4.79 Å². The van der Waals surface area contributed by atoms with Crippen molar-refractivity contribution in [3.05, 3.63) is 12.2 Å². The van der Waals surface area contributed by atoms with Crippen LogP contribution in [0.2, 0.25) is 0 Å². The normalized spacial score (nSPS) is 33.9. The highest BCUT2D eigenvalue weighted by Crippen LogP contribution is 2.38. The van der Waals surface area contributed by atoms with Crippen molar-refractivity contribution in [3.8, 4) is 0 Å². The second-order valence-corrected chi connectivity index (χ2v) is 5.78. The molecule has 1 saturated carbocycles. The maximum absolute atomic E-state index is 12.4. The summed E-state index contributed by atoms with van der Waals surface area (Å²) in [6.45, 7) is 2.75. The molecule has 0 aromatic rings. The topological polar surface area (TPSA) is 55.1 Å². The summed E-state index contributed by atoms with van der Waals surface area (Å²) >= 11 is 0. The fraction of sp³-hybridized carbons (Fsp3) is 0.786. The Hall–Kier alpha value is -0.830. The van der Waals surface area contributed by atoms with E-state index in [0.29, 0.717) is 12.6 Å². The van der Waals surface area contributed by atoms with E-state index >= 15 is 0 Å². The van der Waals surface area contributed by atoms with E-state index in [9.17, 15) is 4.79 Å². The zero-order valence-corrected chi connectivity index (χ0v) is 10.7. The van der Waals surface area contributed by atoms with Crippen LogP contribution in [0, 0.1) is 11.3 Å². The first-order valence-electron chi connectivity index (χ1n) is 6.82. The number of nitrogens with one attached hydrogen (secondary N) is 1. The maximum atomic E-state index is 12.4. The molecule has 2 aliphatic carbocycles. The SMILES string of the molecule is CC1CCC(CN)(C(=O)NC2CC=CC2)CC1. The molecule has 0 aromatic heterocycles. The van der Waals surface area contributed by atoms with Crippen molar-refractivity contribution in [1.82, 2.24) is 5.32 Å². The Morgan fingerprint density at radius 3 is 2.47 bits per heavy atom. The molecule has 2 aliphatic rings. The van der Waals surface area contributed by atoms with E-state index in [2.05, 4.69) is 24.4 Å². The zero-order chi connectivity index (χ0) is 12.3. The molecule has 1 amide bonds. The minimum atomic E-state index is -0.283. The van der Waals surface area contributed by atoms with Gasteiger partial charge in [0.1, 0.15) is 0 Å². The molecule has 0 heterocycles. The van der Waals surface area contributed by atoms with Gasteiger partial charge in [-0.2, -0.15) is 0 Å². The predicted octanol–water partition coefficient (Wildman–Crippen LogP) is 1.98. The fourth-order valence-electron chi connectivity index (χ4n) is 2.91. The first kappa shape index (κ1) is 12.6. The minimum Gasteiger partial charge on any atom is -0.352 e. The van der Waals surface area contributed by atoms with Crippen molar-refractivity contribution in [3.63, 3.8) is 0 Å². The quantitative estimate of drug-likeness (QED) is 0.736. The van der Waals surface area contributed by atoms with Crippen LogP contribution >= 0.6 is 0 Å². The fourth-order valence-corrected chi connectivity index (χ4v) is 2.91. The standard InChI is InChI=1S/C14H24N2O/c1-11-6-8-14(10-15,9-7-11)13(17)16-12-4-2-3-5-12/h2-3,11-12H,4-10,15H2,1H3,(H,16,17). The number of amides is 1. The number of nitrogens with two attached hydrogens (primary N) is 1. The number of carbonyl (C=O) groups excluding carboxylic acids is 1. The van der Waals surface area contributed by atoms with Crippen LogP contribution in [0.25, 0.3) is 0 Å². The molecule has 0 bridgehead atoms. The summed E-state index contributed by atoms with van der Waals surface area (Å²) in [5.41, 5.74) is 5.60. The summed E-state index contributed by atoms with van der Waals surface area (Å²) in [5.74, 6) is 0.941. The number of rotatable bonds is 3. The van der Waals surface area contributed by atoms with Gasteiger partial charge in [-0.1, -0.05) is 19.1 Å². The number of hydrogen-bond acceptors (Lipinski definition) is 2. The smallest absolute Gasteiger partial charge is 0.227 e. The van der Waals surface area contributed by atoms with Gasteiger partial charge in [-0.05, 0) is 44.4 Å². The predicted molar refractivity (Wildman–Crippen MR) is 69.4 cm³/mol. The summed E-state index contributed by atoms with van der Waals surface area (Å²) in [6, 6.07) is 0.310. The van der Waals surface area contributed by atoms with E-state index in [-0.39, 0.29) is 11.3 Å². The van der Waals surface area contributed by atoms with E-state index in [4.69, 9.17) is 5.73 Å². The Labute approximate surface area is 104 Å². The second kappa shape index (κ2) is 5.21. The Morgan fingerprint density at radius 2 is 1.94 bits per heavy atom. The molecule has 96 valence electrons. The molecule has 0 aliphatic heterocycles. The number of carbonyl (C=O) groups is 1. The van der Waals surface area contributed by atoms with E-state index in [1.165, 1.54) is 0 Å². The summed E-state index contributed by atoms with van der Waals surface area (Å²) in [6.07, 6.45) is 10.4. The first-order valence-corrected chi connectivity index (χ1v) is 6.82. The van der Waals surface area contributed by atoms with Crippen molar-refractivity contribution in [2.24, 2.45) is 17.1 Å². The summed E-state index contributed by atoms with van der Waals surface area (Å²) < 4.78 is 0. The third-order valence-corrected chi connectivity index (χ3v) is 4.45. The Morgan fingerprint density at radius 1 is 1.35 bits per heavy atom. The average molecular weight is 236 g/mol. The maximum Gasteiger partial charge on any atom is 0.227 e. The third-order valence-electron chi connectivity index (χ3n) is 4.45. The van der Waals surface area contributed by atoms with E-state index in [1.54, 1.807) is 0 Å². The Balaban J connectivity index is 1.94. The van der Waals surface area contributed by atoms with Gasteiger partial charge in [-0.15, -0.1) is 0 Å². The van der Waals surface area contributed by atoms with Crippen LogP contribution in [0.15, 0.2) is 12.2 Å². The van der Waals surface area contributed by atoms with Crippen LogP contribution in [0.5, 0.6) is 0 Å². The molecule has 17 heavy (non-hydrogen) atoms. The van der Waals surface area contributed by atoms with Crippen LogP contribution in [0.3, 0.4) is 0 Å². The van der Waals surface area contributed by atoms with Gasteiger partial charge >= 0.3 is 0 Å². The van der Waals surface area contributed by atoms with Gasteiger partial charge in [0.05, 0.1) is 5.41 Å². The Bertz CT molecular complexity index is 295. The molecule has 3 nitrogen and oxygen atoms in total. The highest BCUT2D eigenvalue weighted by Gasteiger charge is 2.40. The molecule has 0 spiro atoms. The van der Waals surface area contributed by atoms with E-state index < -0.39 is 0 Å². The second-order valence-electron chi connectivity index (χ2n) is 5.78. The molecule has 0 atom stereocenters. The molecular weight excluding hydrogens is 212 g/mol. The molecule has 1 fully saturated rings. The molecule has 0 radical (unpaired) electrons. The van der Waals surface area contributed by atoms with Gasteiger partial charge in [0.25, 0.3) is 0 Å². The molecule has 0 aromatic carbocycles. The van der Waals surface area contributed by atoms with E-state index in [0.717, 1.165) is 44.4 Å². The molecule has 3 heteroatoms. The molecule has 2 rings (SSSR count). The van der Waals surface area contributed by atoms with Crippen LogP contribution < -0.4 is 11.1 Å². The third kappa shape index (κ3) is 2.71. The van der Waals surface area contributed by atoms with Crippen LogP contribution in [-0.4, -0.2) is 18.5 Å². The highest BCUT2D eigenvalue weighted by atomic mass is 16.2. The zero-order valence-electron chi connectivity index (χ0n) is 10.7. The lowest BCUT2D eigenvalue weighted by Crippen LogP contribution is -2.50. The van der Waals surface area contributed by atoms with Gasteiger partial charge in [0.15, 0.2) is 0 Å². The first-order chi connectivity index (χ1) is 8.16. The van der Waals surface area contributed by atoms with Crippen LogP contribution in [0.4, 0.5) is 0 Å².